The molecule has 2 heterocycles. The van der Waals surface area contributed by atoms with E-state index in [1.807, 2.05) is 53.7 Å². The molecular formula is C22H31ClN4O4. The lowest BCUT2D eigenvalue weighted by molar-refractivity contribution is 0.0107. The highest BCUT2D eigenvalue weighted by Gasteiger charge is 2.43. The number of likely N-dealkylation sites (tertiary alicyclic amines) is 1. The Kier molecular flexibility index (Phi) is 6.15. The van der Waals surface area contributed by atoms with Crippen molar-refractivity contribution >= 4 is 34.8 Å². The number of nitrogens with one attached hydrogen (secondary N) is 2. The van der Waals surface area contributed by atoms with Gasteiger partial charge in [-0.2, -0.15) is 0 Å². The van der Waals surface area contributed by atoms with Gasteiger partial charge in [-0.1, -0.05) is 17.7 Å². The fraction of sp³-hybridized carbons (Fsp3) is 0.591. The summed E-state index contributed by atoms with van der Waals surface area (Å²) < 4.78 is 11.0. The quantitative estimate of drug-likeness (QED) is 0.673. The second kappa shape index (κ2) is 8.22. The first-order valence-electron chi connectivity index (χ1n) is 10.4. The molecule has 0 spiro atoms. The molecule has 31 heavy (non-hydrogen) atoms. The van der Waals surface area contributed by atoms with Crippen LogP contribution in [0.3, 0.4) is 0 Å². The minimum absolute atomic E-state index is 0.369. The Balaban J connectivity index is 1.88. The molecule has 1 saturated heterocycles. The molecule has 0 aliphatic carbocycles. The third-order valence-electron chi connectivity index (χ3n) is 4.93. The van der Waals surface area contributed by atoms with Crippen LogP contribution in [0.2, 0.25) is 5.02 Å². The van der Waals surface area contributed by atoms with Crippen LogP contribution in [0.1, 0.15) is 60.2 Å². The fourth-order valence-electron chi connectivity index (χ4n) is 3.54. The molecule has 2 amide bonds. The van der Waals surface area contributed by atoms with Crippen molar-refractivity contribution in [3.63, 3.8) is 0 Å². The highest BCUT2D eigenvalue weighted by molar-refractivity contribution is 6.34. The minimum Gasteiger partial charge on any atom is -0.444 e. The van der Waals surface area contributed by atoms with Gasteiger partial charge in [0.1, 0.15) is 28.1 Å². The van der Waals surface area contributed by atoms with Crippen molar-refractivity contribution in [2.75, 3.05) is 13.1 Å². The maximum absolute atomic E-state index is 12.7. The predicted octanol–water partition coefficient (Wildman–Crippen LogP) is 4.97. The number of alkyl carbamates (subject to hydrolysis) is 1. The monoisotopic (exact) mass is 450 g/mol. The zero-order valence-corrected chi connectivity index (χ0v) is 19.7. The zero-order valence-electron chi connectivity index (χ0n) is 19.0. The van der Waals surface area contributed by atoms with Crippen molar-refractivity contribution in [1.29, 1.82) is 0 Å². The zero-order chi connectivity index (χ0) is 23.0. The largest absolute Gasteiger partial charge is 0.444 e. The number of amides is 2. The first kappa shape index (κ1) is 23.2. The van der Waals surface area contributed by atoms with Crippen LogP contribution < -0.4 is 5.32 Å². The van der Waals surface area contributed by atoms with Crippen LogP contribution in [0.5, 0.6) is 0 Å². The summed E-state index contributed by atoms with van der Waals surface area (Å²) in [6.45, 7) is 11.7. The van der Waals surface area contributed by atoms with E-state index < -0.39 is 22.8 Å². The van der Waals surface area contributed by atoms with Gasteiger partial charge < -0.3 is 24.7 Å². The normalized spacial score (nSPS) is 16.8. The summed E-state index contributed by atoms with van der Waals surface area (Å²) in [4.78, 5) is 34.8. The second-order valence-electron chi connectivity index (χ2n) is 9.90. The lowest BCUT2D eigenvalue weighted by Gasteiger charge is -2.41. The first-order chi connectivity index (χ1) is 14.3. The number of H-pyrrole nitrogens is 1. The number of halogens is 1. The Hall–Kier alpha value is -2.48. The van der Waals surface area contributed by atoms with Crippen LogP contribution in [-0.2, 0) is 15.0 Å². The Bertz CT molecular complexity index is 966. The van der Waals surface area contributed by atoms with E-state index in [9.17, 15) is 9.59 Å². The summed E-state index contributed by atoms with van der Waals surface area (Å²) in [5.41, 5.74) is -0.625. The number of benzene rings is 1. The van der Waals surface area contributed by atoms with Crippen LogP contribution in [0, 0.1) is 0 Å². The highest BCUT2D eigenvalue weighted by Crippen LogP contribution is 2.34. The number of carbonyl (C=O) groups excluding carboxylic acids is 2. The minimum atomic E-state index is -0.830. The van der Waals surface area contributed by atoms with Gasteiger partial charge in [-0.15, -0.1) is 0 Å². The number of para-hydroxylation sites is 1. The average Bonchev–Trinajstić information content (AvgIpc) is 3.05. The van der Waals surface area contributed by atoms with E-state index >= 15 is 0 Å². The van der Waals surface area contributed by atoms with Gasteiger partial charge in [0.2, 0.25) is 0 Å². The third-order valence-corrected chi connectivity index (χ3v) is 5.23. The van der Waals surface area contributed by atoms with E-state index in [1.54, 1.807) is 11.0 Å². The van der Waals surface area contributed by atoms with Gasteiger partial charge in [0, 0.05) is 13.1 Å². The van der Waals surface area contributed by atoms with E-state index in [1.165, 1.54) is 0 Å². The van der Waals surface area contributed by atoms with E-state index in [2.05, 4.69) is 10.3 Å². The fourth-order valence-corrected chi connectivity index (χ4v) is 3.76. The number of aromatic nitrogens is 2. The van der Waals surface area contributed by atoms with Crippen molar-refractivity contribution < 1.29 is 19.1 Å². The van der Waals surface area contributed by atoms with Gasteiger partial charge in [0.25, 0.3) is 0 Å². The second-order valence-corrected chi connectivity index (χ2v) is 10.3. The Labute approximate surface area is 187 Å². The Morgan fingerprint density at radius 2 is 1.71 bits per heavy atom. The molecule has 0 bridgehead atoms. The number of ether oxygens (including phenoxy) is 2. The standard InChI is InChI=1S/C22H31ClN4O4/c1-20(2,3)30-18(28)26-22(17-24-15-9-7-8-14(23)16(15)25-17)10-12-27(13-11-22)19(29)31-21(4,5)6/h7-9H,10-13H2,1-6H3,(H,24,25)(H,26,28). The van der Waals surface area contributed by atoms with Gasteiger partial charge in [0.15, 0.2) is 0 Å². The average molecular weight is 451 g/mol. The molecule has 1 aromatic carbocycles. The van der Waals surface area contributed by atoms with Gasteiger partial charge in [0.05, 0.1) is 10.5 Å². The summed E-state index contributed by atoms with van der Waals surface area (Å²) in [6.07, 6.45) is -0.0120. The predicted molar refractivity (Wildman–Crippen MR) is 119 cm³/mol. The molecule has 1 aliphatic rings. The van der Waals surface area contributed by atoms with Crippen LogP contribution >= 0.6 is 11.6 Å². The van der Waals surface area contributed by atoms with E-state index in [0.717, 1.165) is 5.52 Å². The molecule has 2 N–H and O–H groups in total. The maximum atomic E-state index is 12.7. The number of fused-ring (bicyclic) bond motifs is 1. The molecule has 170 valence electrons. The maximum Gasteiger partial charge on any atom is 0.410 e. The van der Waals surface area contributed by atoms with Gasteiger partial charge in [-0.05, 0) is 66.5 Å². The number of rotatable bonds is 2. The summed E-state index contributed by atoms with van der Waals surface area (Å²) in [5, 5.41) is 3.54. The van der Waals surface area contributed by atoms with Crippen molar-refractivity contribution in [3.8, 4) is 0 Å². The molecule has 0 unspecified atom stereocenters. The van der Waals surface area contributed by atoms with Crippen LogP contribution in [0.15, 0.2) is 18.2 Å². The molecule has 0 atom stereocenters. The Morgan fingerprint density at radius 3 is 2.26 bits per heavy atom. The summed E-state index contributed by atoms with van der Waals surface area (Å²) in [7, 11) is 0. The number of nitrogens with zero attached hydrogens (tertiary/aromatic N) is 2. The summed E-state index contributed by atoms with van der Waals surface area (Å²) in [5.74, 6) is 0.588. The summed E-state index contributed by atoms with van der Waals surface area (Å²) >= 11 is 6.31. The summed E-state index contributed by atoms with van der Waals surface area (Å²) in [6, 6.07) is 5.49. The number of aromatic amines is 1. The molecule has 2 aromatic rings. The smallest absolute Gasteiger partial charge is 0.410 e. The number of imidazole rings is 1. The topological polar surface area (TPSA) is 96.5 Å². The van der Waals surface area contributed by atoms with Crippen LogP contribution in [0.4, 0.5) is 9.59 Å². The lowest BCUT2D eigenvalue weighted by Crippen LogP contribution is -2.55. The Morgan fingerprint density at radius 1 is 1.10 bits per heavy atom. The molecule has 9 heteroatoms. The number of hydrogen-bond acceptors (Lipinski definition) is 5. The molecule has 3 rings (SSSR count). The number of carbonyl (C=O) groups is 2. The van der Waals surface area contributed by atoms with Gasteiger partial charge in [-0.25, -0.2) is 14.6 Å². The molecule has 1 aromatic heterocycles. The molecule has 0 saturated carbocycles. The van der Waals surface area contributed by atoms with Crippen LogP contribution in [0.25, 0.3) is 11.0 Å². The van der Waals surface area contributed by atoms with Crippen LogP contribution in [-0.4, -0.2) is 51.3 Å². The third kappa shape index (κ3) is 5.61. The number of piperidine rings is 1. The van der Waals surface area contributed by atoms with Crippen molar-refractivity contribution in [1.82, 2.24) is 20.2 Å². The van der Waals surface area contributed by atoms with Gasteiger partial charge in [-0.3, -0.25) is 0 Å². The van der Waals surface area contributed by atoms with Crippen molar-refractivity contribution in [3.05, 3.63) is 29.0 Å². The first-order valence-corrected chi connectivity index (χ1v) is 10.8. The van der Waals surface area contributed by atoms with E-state index in [4.69, 9.17) is 26.1 Å². The highest BCUT2D eigenvalue weighted by atomic mass is 35.5. The molecule has 1 aliphatic heterocycles. The lowest BCUT2D eigenvalue weighted by atomic mass is 9.86. The molecule has 0 radical (unpaired) electrons. The SMILES string of the molecule is CC(C)(C)OC(=O)NC1(c2nc3c(Cl)cccc3[nH]2)CCN(C(=O)OC(C)(C)C)CC1. The number of hydrogen-bond donors (Lipinski definition) is 2. The van der Waals surface area contributed by atoms with Gasteiger partial charge >= 0.3 is 12.2 Å². The molecule has 8 nitrogen and oxygen atoms in total. The van der Waals surface area contributed by atoms with Crippen molar-refractivity contribution in [2.45, 2.75) is 71.1 Å². The van der Waals surface area contributed by atoms with Crippen molar-refractivity contribution in [2.24, 2.45) is 0 Å². The molecular weight excluding hydrogens is 420 g/mol. The van der Waals surface area contributed by atoms with E-state index in [-0.39, 0.29) is 6.09 Å². The molecule has 1 fully saturated rings. The van der Waals surface area contributed by atoms with E-state index in [0.29, 0.717) is 42.3 Å².